The third-order valence-electron chi connectivity index (χ3n) is 2.41. The molecule has 3 nitrogen and oxygen atoms in total. The Morgan fingerprint density at radius 1 is 1.42 bits per heavy atom. The van der Waals surface area contributed by atoms with E-state index in [1.54, 1.807) is 11.8 Å². The van der Waals surface area contributed by atoms with Crippen LogP contribution in [0.5, 0.6) is 5.75 Å². The Morgan fingerprint density at radius 3 is 2.68 bits per heavy atom. The van der Waals surface area contributed by atoms with Crippen LogP contribution in [0.3, 0.4) is 0 Å². The van der Waals surface area contributed by atoms with Crippen LogP contribution in [-0.2, 0) is 0 Å². The Bertz CT molecular complexity index is 418. The fourth-order valence-electron chi connectivity index (χ4n) is 1.54. The maximum Gasteiger partial charge on any atom is 0.387 e. The molecule has 108 valence electrons. The Morgan fingerprint density at radius 2 is 2.11 bits per heavy atom. The number of benzene rings is 1. The maximum absolute atomic E-state index is 13.3. The first kappa shape index (κ1) is 15.8. The molecule has 0 saturated carbocycles. The van der Waals surface area contributed by atoms with Gasteiger partial charge >= 0.3 is 6.61 Å². The summed E-state index contributed by atoms with van der Waals surface area (Å²) in [5.74, 6) is -0.0854. The van der Waals surface area contributed by atoms with Gasteiger partial charge in [0.1, 0.15) is 0 Å². The van der Waals surface area contributed by atoms with Crippen molar-refractivity contribution >= 4 is 23.1 Å². The molecule has 0 heterocycles. The minimum atomic E-state index is -3.07. The SMILES string of the molecule is CSCC(C)CNc1cc(OC(F)F)c(F)cc1N. The van der Waals surface area contributed by atoms with Crippen LogP contribution in [0, 0.1) is 11.7 Å². The molecule has 0 radical (unpaired) electrons. The molecule has 1 unspecified atom stereocenters. The van der Waals surface area contributed by atoms with Gasteiger partial charge in [-0.25, -0.2) is 4.39 Å². The van der Waals surface area contributed by atoms with E-state index in [0.29, 0.717) is 18.2 Å². The highest BCUT2D eigenvalue weighted by Crippen LogP contribution is 2.29. The van der Waals surface area contributed by atoms with Crippen molar-refractivity contribution < 1.29 is 17.9 Å². The Labute approximate surface area is 114 Å². The van der Waals surface area contributed by atoms with E-state index >= 15 is 0 Å². The first-order valence-electron chi connectivity index (χ1n) is 5.70. The van der Waals surface area contributed by atoms with Gasteiger partial charge < -0.3 is 15.8 Å². The van der Waals surface area contributed by atoms with E-state index in [-0.39, 0.29) is 5.69 Å². The van der Waals surface area contributed by atoms with E-state index in [1.165, 1.54) is 0 Å². The number of anilines is 2. The molecule has 0 aliphatic heterocycles. The molecule has 0 spiro atoms. The van der Waals surface area contributed by atoms with E-state index in [2.05, 4.69) is 10.1 Å². The highest BCUT2D eigenvalue weighted by atomic mass is 32.2. The lowest BCUT2D eigenvalue weighted by molar-refractivity contribution is -0.0521. The Hall–Kier alpha value is -1.24. The third kappa shape index (κ3) is 5.10. The van der Waals surface area contributed by atoms with Crippen molar-refractivity contribution in [3.05, 3.63) is 17.9 Å². The minimum Gasteiger partial charge on any atom is -0.432 e. The van der Waals surface area contributed by atoms with E-state index < -0.39 is 18.2 Å². The fraction of sp³-hybridized carbons (Fsp3) is 0.500. The van der Waals surface area contributed by atoms with Crippen LogP contribution in [0.2, 0.25) is 0 Å². The number of rotatable bonds is 7. The second kappa shape index (κ2) is 7.37. The van der Waals surface area contributed by atoms with Gasteiger partial charge in [-0.1, -0.05) is 6.92 Å². The predicted molar refractivity (Wildman–Crippen MR) is 73.5 cm³/mol. The van der Waals surface area contributed by atoms with E-state index in [9.17, 15) is 13.2 Å². The van der Waals surface area contributed by atoms with Gasteiger partial charge in [0.25, 0.3) is 0 Å². The lowest BCUT2D eigenvalue weighted by atomic mass is 10.2. The molecule has 0 saturated heterocycles. The van der Waals surface area contributed by atoms with Crippen molar-refractivity contribution in [3.8, 4) is 5.75 Å². The van der Waals surface area contributed by atoms with E-state index in [4.69, 9.17) is 5.73 Å². The summed E-state index contributed by atoms with van der Waals surface area (Å²) < 4.78 is 41.6. The summed E-state index contributed by atoms with van der Waals surface area (Å²) in [4.78, 5) is 0. The molecule has 0 amide bonds. The zero-order valence-electron chi connectivity index (χ0n) is 10.8. The van der Waals surface area contributed by atoms with Crippen molar-refractivity contribution in [1.82, 2.24) is 0 Å². The van der Waals surface area contributed by atoms with Crippen molar-refractivity contribution in [2.75, 3.05) is 29.6 Å². The number of nitrogens with one attached hydrogen (secondary N) is 1. The second-order valence-electron chi connectivity index (χ2n) is 4.19. The molecule has 0 bridgehead atoms. The molecule has 0 aliphatic rings. The van der Waals surface area contributed by atoms with Crippen LogP contribution in [0.25, 0.3) is 0 Å². The van der Waals surface area contributed by atoms with Crippen molar-refractivity contribution in [2.24, 2.45) is 5.92 Å². The van der Waals surface area contributed by atoms with Gasteiger partial charge in [0.05, 0.1) is 11.4 Å². The number of alkyl halides is 2. The highest BCUT2D eigenvalue weighted by Gasteiger charge is 2.13. The summed E-state index contributed by atoms with van der Waals surface area (Å²) >= 11 is 1.71. The fourth-order valence-corrected chi connectivity index (χ4v) is 2.22. The van der Waals surface area contributed by atoms with Crippen molar-refractivity contribution in [1.29, 1.82) is 0 Å². The van der Waals surface area contributed by atoms with Crippen LogP contribution in [0.15, 0.2) is 12.1 Å². The number of ether oxygens (including phenoxy) is 1. The molecule has 0 fully saturated rings. The van der Waals surface area contributed by atoms with Gasteiger partial charge in [0, 0.05) is 18.7 Å². The summed E-state index contributed by atoms with van der Waals surface area (Å²) in [6, 6.07) is 2.13. The monoisotopic (exact) mass is 294 g/mol. The van der Waals surface area contributed by atoms with Gasteiger partial charge in [-0.15, -0.1) is 0 Å². The number of hydrogen-bond donors (Lipinski definition) is 2. The molecule has 0 aromatic heterocycles. The number of halogens is 3. The molecule has 1 atom stereocenters. The van der Waals surface area contributed by atoms with Gasteiger partial charge in [0.15, 0.2) is 11.6 Å². The highest BCUT2D eigenvalue weighted by molar-refractivity contribution is 7.98. The number of nitrogens with two attached hydrogens (primary N) is 1. The predicted octanol–water partition coefficient (Wildman–Crippen LogP) is 3.42. The summed E-state index contributed by atoms with van der Waals surface area (Å²) in [5, 5.41) is 3.01. The van der Waals surface area contributed by atoms with E-state index in [0.717, 1.165) is 17.9 Å². The molecular formula is C12H17F3N2OS. The number of thioether (sulfide) groups is 1. The number of hydrogen-bond acceptors (Lipinski definition) is 4. The average molecular weight is 294 g/mol. The van der Waals surface area contributed by atoms with Crippen molar-refractivity contribution in [2.45, 2.75) is 13.5 Å². The Kier molecular flexibility index (Phi) is 6.14. The lowest BCUT2D eigenvalue weighted by Crippen LogP contribution is -2.14. The van der Waals surface area contributed by atoms with E-state index in [1.807, 2.05) is 13.2 Å². The van der Waals surface area contributed by atoms with Crippen molar-refractivity contribution in [3.63, 3.8) is 0 Å². The van der Waals surface area contributed by atoms with Gasteiger partial charge in [-0.2, -0.15) is 20.5 Å². The van der Waals surface area contributed by atoms with Crippen LogP contribution in [0.4, 0.5) is 24.5 Å². The van der Waals surface area contributed by atoms with Gasteiger partial charge in [0.2, 0.25) is 0 Å². The van der Waals surface area contributed by atoms with Crippen LogP contribution in [-0.4, -0.2) is 25.2 Å². The normalized spacial score (nSPS) is 12.5. The molecule has 19 heavy (non-hydrogen) atoms. The summed E-state index contributed by atoms with van der Waals surface area (Å²) in [5.41, 5.74) is 6.19. The maximum atomic E-state index is 13.3. The average Bonchev–Trinajstić information content (AvgIpc) is 2.31. The van der Waals surface area contributed by atoms with Crippen LogP contribution >= 0.6 is 11.8 Å². The largest absolute Gasteiger partial charge is 0.432 e. The second-order valence-corrected chi connectivity index (χ2v) is 5.10. The summed E-state index contributed by atoms with van der Waals surface area (Å²) in [7, 11) is 0. The molecular weight excluding hydrogens is 277 g/mol. The molecule has 0 aliphatic carbocycles. The zero-order chi connectivity index (χ0) is 14.4. The standard InChI is InChI=1S/C12H17F3N2OS/c1-7(6-19-2)5-17-10-4-11(18-12(14)15)8(13)3-9(10)16/h3-4,7,12,17H,5-6,16H2,1-2H3. The molecule has 3 N–H and O–H groups in total. The quantitative estimate of drug-likeness (QED) is 0.756. The summed E-state index contributed by atoms with van der Waals surface area (Å²) in [6.07, 6.45) is 2.00. The molecule has 7 heteroatoms. The first-order valence-corrected chi connectivity index (χ1v) is 7.10. The smallest absolute Gasteiger partial charge is 0.387 e. The first-order chi connectivity index (χ1) is 8.93. The Balaban J connectivity index is 2.77. The summed E-state index contributed by atoms with van der Waals surface area (Å²) in [6.45, 7) is -0.411. The molecule has 1 rings (SSSR count). The minimum absolute atomic E-state index is 0.162. The van der Waals surface area contributed by atoms with Crippen LogP contribution < -0.4 is 15.8 Å². The zero-order valence-corrected chi connectivity index (χ0v) is 11.6. The lowest BCUT2D eigenvalue weighted by Gasteiger charge is -2.15. The van der Waals surface area contributed by atoms with Crippen LogP contribution in [0.1, 0.15) is 6.92 Å². The topological polar surface area (TPSA) is 47.3 Å². The molecule has 1 aromatic carbocycles. The molecule has 1 aromatic rings. The van der Waals surface area contributed by atoms with Gasteiger partial charge in [-0.05, 0) is 17.9 Å². The number of nitrogen functional groups attached to an aromatic ring is 1. The third-order valence-corrected chi connectivity index (χ3v) is 3.31. The van der Waals surface area contributed by atoms with Gasteiger partial charge in [-0.3, -0.25) is 0 Å².